The van der Waals surface area contributed by atoms with Crippen LogP contribution in [0.2, 0.25) is 0 Å². The molecule has 4 heteroatoms. The summed E-state index contributed by atoms with van der Waals surface area (Å²) in [6, 6.07) is 0. The highest BCUT2D eigenvalue weighted by atomic mass is 16.5. The Bertz CT molecular complexity index is 510. The van der Waals surface area contributed by atoms with Gasteiger partial charge in [-0.2, -0.15) is 0 Å². The third kappa shape index (κ3) is 2.18. The van der Waals surface area contributed by atoms with E-state index in [1.165, 1.54) is 0 Å². The Balaban J connectivity index is 2.44. The predicted molar refractivity (Wildman–Crippen MR) is 69.4 cm³/mol. The lowest BCUT2D eigenvalue weighted by Gasteiger charge is -2.11. The third-order valence-corrected chi connectivity index (χ3v) is 2.80. The van der Waals surface area contributed by atoms with Gasteiger partial charge in [-0.1, -0.05) is 0 Å². The van der Waals surface area contributed by atoms with Crippen LogP contribution in [0.5, 0.6) is 0 Å². The zero-order valence-corrected chi connectivity index (χ0v) is 10.4. The molecule has 0 bridgehead atoms. The smallest absolute Gasteiger partial charge is 0.239 e. The van der Waals surface area contributed by atoms with E-state index in [2.05, 4.69) is 0 Å². The van der Waals surface area contributed by atoms with Gasteiger partial charge in [-0.15, -0.1) is 0 Å². The van der Waals surface area contributed by atoms with Crippen molar-refractivity contribution in [3.8, 4) is 0 Å². The summed E-state index contributed by atoms with van der Waals surface area (Å²) in [5.74, 6) is 1.31. The van der Waals surface area contributed by atoms with Crippen molar-refractivity contribution in [1.29, 1.82) is 0 Å². The molecular formula is C14H16N2O2+2. The Morgan fingerprint density at radius 2 is 1.11 bits per heavy atom. The number of hydrogen-bond donors (Lipinski definition) is 2. The van der Waals surface area contributed by atoms with Crippen molar-refractivity contribution in [3.05, 3.63) is 59.1 Å². The Kier molecular flexibility index (Phi) is 3.28. The lowest BCUT2D eigenvalue weighted by molar-refractivity contribution is -0.114. The molecule has 0 aromatic heterocycles. The molecule has 0 radical (unpaired) electrons. The maximum Gasteiger partial charge on any atom is 0.239 e. The predicted octanol–water partition coefficient (Wildman–Crippen LogP) is -1.12. The van der Waals surface area contributed by atoms with Gasteiger partial charge < -0.3 is 9.47 Å². The van der Waals surface area contributed by atoms with Crippen molar-refractivity contribution in [3.63, 3.8) is 0 Å². The number of allylic oxidation sites excluding steroid dienone is 8. The van der Waals surface area contributed by atoms with E-state index in [1.807, 2.05) is 36.5 Å². The van der Waals surface area contributed by atoms with E-state index < -0.39 is 0 Å². The van der Waals surface area contributed by atoms with Crippen LogP contribution in [-0.4, -0.2) is 25.6 Å². The molecule has 0 aromatic carbocycles. The fraction of sp³-hybridized carbons (Fsp3) is 0.143. The van der Waals surface area contributed by atoms with Gasteiger partial charge >= 0.3 is 0 Å². The normalized spacial score (nSPS) is 22.8. The van der Waals surface area contributed by atoms with E-state index in [-0.39, 0.29) is 0 Å². The highest BCUT2D eigenvalue weighted by molar-refractivity contribution is 6.06. The van der Waals surface area contributed by atoms with Gasteiger partial charge in [0.1, 0.15) is 0 Å². The van der Waals surface area contributed by atoms with Crippen LogP contribution in [0.3, 0.4) is 0 Å². The molecule has 0 saturated carbocycles. The second-order valence-electron chi connectivity index (χ2n) is 3.91. The standard InChI is InChI=1S/C14H14N2O2/c1-17-13-7-9(3-5-11(13)15)10-4-6-12(16)14(8-10)18-2/h3-8,15-16H,1-2H3/p+2/b10-9+,15-11?,16-12?. The summed E-state index contributed by atoms with van der Waals surface area (Å²) in [6.07, 6.45) is 11.3. The van der Waals surface area contributed by atoms with Gasteiger partial charge in [0.2, 0.25) is 11.4 Å². The Morgan fingerprint density at radius 3 is 1.44 bits per heavy atom. The fourth-order valence-electron chi connectivity index (χ4n) is 1.78. The minimum Gasteiger partial charge on any atom is -0.490 e. The van der Waals surface area contributed by atoms with Gasteiger partial charge in [-0.25, -0.2) is 0 Å². The summed E-state index contributed by atoms with van der Waals surface area (Å²) in [6.45, 7) is 0. The minimum absolute atomic E-state index is 0.615. The molecule has 2 rings (SSSR count). The van der Waals surface area contributed by atoms with Crippen LogP contribution >= 0.6 is 0 Å². The first-order chi connectivity index (χ1) is 8.65. The van der Waals surface area contributed by atoms with Gasteiger partial charge in [0.25, 0.3) is 0 Å². The fourth-order valence-corrected chi connectivity index (χ4v) is 1.78. The Labute approximate surface area is 106 Å². The number of rotatable bonds is 2. The first-order valence-electron chi connectivity index (χ1n) is 5.53. The maximum atomic E-state index is 5.79. The summed E-state index contributed by atoms with van der Waals surface area (Å²) >= 11 is 0. The summed E-state index contributed by atoms with van der Waals surface area (Å²) in [4.78, 5) is 0. The molecule has 2 aliphatic carbocycles. The van der Waals surface area contributed by atoms with Crippen LogP contribution in [0.15, 0.2) is 59.1 Å². The first-order valence-corrected chi connectivity index (χ1v) is 5.53. The Hall–Kier alpha value is -2.36. The number of ether oxygens (including phenoxy) is 2. The van der Waals surface area contributed by atoms with Crippen LogP contribution in [0.25, 0.3) is 0 Å². The van der Waals surface area contributed by atoms with E-state index in [9.17, 15) is 0 Å². The van der Waals surface area contributed by atoms with Crippen molar-refractivity contribution < 1.29 is 20.3 Å². The van der Waals surface area contributed by atoms with Crippen LogP contribution in [0, 0.1) is 0 Å². The van der Waals surface area contributed by atoms with Crippen LogP contribution in [-0.2, 0) is 9.47 Å². The molecule has 0 aliphatic heterocycles. The molecule has 4 nitrogen and oxygen atoms in total. The number of nitrogens with two attached hydrogens (primary N) is 2. The van der Waals surface area contributed by atoms with Gasteiger partial charge in [-0.3, -0.25) is 10.8 Å². The molecule has 0 atom stereocenters. The number of methoxy groups -OCH3 is 2. The van der Waals surface area contributed by atoms with Gasteiger partial charge in [0, 0.05) is 12.2 Å². The van der Waals surface area contributed by atoms with Gasteiger partial charge in [-0.05, 0) is 35.5 Å². The van der Waals surface area contributed by atoms with E-state index in [1.54, 1.807) is 14.2 Å². The quantitative estimate of drug-likeness (QED) is 0.646. The monoisotopic (exact) mass is 244 g/mol. The first kappa shape index (κ1) is 12.1. The Morgan fingerprint density at radius 1 is 0.722 bits per heavy atom. The molecular weight excluding hydrogens is 228 g/mol. The van der Waals surface area contributed by atoms with Gasteiger partial charge in [0.15, 0.2) is 11.5 Å². The molecule has 0 heterocycles. The third-order valence-electron chi connectivity index (χ3n) is 2.80. The molecule has 0 amide bonds. The van der Waals surface area contributed by atoms with Crippen molar-refractivity contribution in [2.24, 2.45) is 0 Å². The van der Waals surface area contributed by atoms with Crippen LogP contribution in [0.4, 0.5) is 0 Å². The molecule has 0 spiro atoms. The van der Waals surface area contributed by atoms with Gasteiger partial charge in [0.05, 0.1) is 14.2 Å². The largest absolute Gasteiger partial charge is 0.490 e. The molecule has 92 valence electrons. The molecule has 0 aromatic rings. The van der Waals surface area contributed by atoms with Crippen LogP contribution in [0.1, 0.15) is 0 Å². The molecule has 4 N–H and O–H groups in total. The zero-order chi connectivity index (χ0) is 13.1. The minimum atomic E-state index is 0.615. The van der Waals surface area contributed by atoms with Crippen LogP contribution < -0.4 is 10.8 Å². The highest BCUT2D eigenvalue weighted by Crippen LogP contribution is 2.22. The second kappa shape index (κ2) is 4.87. The van der Waals surface area contributed by atoms with E-state index >= 15 is 0 Å². The molecule has 2 aliphatic rings. The average Bonchev–Trinajstić information content (AvgIpc) is 2.40. The molecule has 0 fully saturated rings. The molecule has 18 heavy (non-hydrogen) atoms. The van der Waals surface area contributed by atoms with Crippen molar-refractivity contribution in [2.45, 2.75) is 0 Å². The van der Waals surface area contributed by atoms with E-state index in [0.717, 1.165) is 11.1 Å². The summed E-state index contributed by atoms with van der Waals surface area (Å²) < 4.78 is 10.4. The summed E-state index contributed by atoms with van der Waals surface area (Å²) in [7, 11) is 3.19. The zero-order valence-electron chi connectivity index (χ0n) is 10.4. The SMILES string of the molecule is COC1=C/C(=C2\C=CC(=[NH2+])C(OC)=C2)C=CC1=[NH2+]. The van der Waals surface area contributed by atoms with E-state index in [0.29, 0.717) is 22.9 Å². The molecule has 0 unspecified atom stereocenters. The van der Waals surface area contributed by atoms with Crippen molar-refractivity contribution in [1.82, 2.24) is 0 Å². The number of hydrogen-bond acceptors (Lipinski definition) is 2. The lowest BCUT2D eigenvalue weighted by Crippen LogP contribution is -2.41. The average molecular weight is 244 g/mol. The topological polar surface area (TPSA) is 69.6 Å². The summed E-state index contributed by atoms with van der Waals surface area (Å²) in [5.41, 5.74) is 3.23. The van der Waals surface area contributed by atoms with Crippen molar-refractivity contribution in [2.75, 3.05) is 14.2 Å². The highest BCUT2D eigenvalue weighted by Gasteiger charge is 2.18. The lowest BCUT2D eigenvalue weighted by atomic mass is 9.97. The van der Waals surface area contributed by atoms with Crippen molar-refractivity contribution >= 4 is 11.4 Å². The maximum absolute atomic E-state index is 5.79. The van der Waals surface area contributed by atoms with E-state index in [4.69, 9.17) is 20.3 Å². The second-order valence-corrected chi connectivity index (χ2v) is 3.91. The summed E-state index contributed by atoms with van der Waals surface area (Å²) in [5, 5.41) is 11.6. The molecule has 0 saturated heterocycles.